The molecule has 0 radical (unpaired) electrons. The van der Waals surface area contributed by atoms with E-state index < -0.39 is 0 Å². The maximum Gasteiger partial charge on any atom is 0.236 e. The molecule has 1 amide bonds. The number of hydrogen-bond donors (Lipinski definition) is 0. The third-order valence-corrected chi connectivity index (χ3v) is 5.71. The number of amides is 1. The maximum atomic E-state index is 12.6. The Kier molecular flexibility index (Phi) is 5.53. The quantitative estimate of drug-likeness (QED) is 0.759. The molecular formula is C18H23N3O3S. The molecule has 1 aliphatic rings. The highest BCUT2D eigenvalue weighted by molar-refractivity contribution is 8.01. The van der Waals surface area contributed by atoms with Crippen LogP contribution in [0.2, 0.25) is 0 Å². The molecule has 1 aliphatic heterocycles. The predicted octanol–water partition coefficient (Wildman–Crippen LogP) is 2.95. The molecule has 0 spiro atoms. The molecule has 134 valence electrons. The average Bonchev–Trinajstić information content (AvgIpc) is 3.24. The van der Waals surface area contributed by atoms with E-state index in [0.29, 0.717) is 18.0 Å². The Labute approximate surface area is 152 Å². The number of thioether (sulfide) groups is 1. The molecule has 0 bridgehead atoms. The van der Waals surface area contributed by atoms with Gasteiger partial charge in [-0.05, 0) is 31.0 Å². The van der Waals surface area contributed by atoms with Gasteiger partial charge in [0.1, 0.15) is 5.37 Å². The molecule has 2 aromatic rings. The zero-order valence-electron chi connectivity index (χ0n) is 14.7. The van der Waals surface area contributed by atoms with E-state index in [1.807, 2.05) is 40.8 Å². The van der Waals surface area contributed by atoms with Crippen LogP contribution in [0.1, 0.15) is 24.3 Å². The van der Waals surface area contributed by atoms with E-state index in [2.05, 4.69) is 4.98 Å². The molecule has 1 saturated heterocycles. The van der Waals surface area contributed by atoms with Crippen molar-refractivity contribution in [2.75, 3.05) is 20.8 Å². The lowest BCUT2D eigenvalue weighted by atomic mass is 10.1. The van der Waals surface area contributed by atoms with E-state index >= 15 is 0 Å². The number of carbonyl (C=O) groups is 1. The van der Waals surface area contributed by atoms with Crippen LogP contribution in [0, 0.1) is 0 Å². The first kappa shape index (κ1) is 17.7. The molecule has 1 fully saturated rings. The van der Waals surface area contributed by atoms with E-state index in [0.717, 1.165) is 18.5 Å². The summed E-state index contributed by atoms with van der Waals surface area (Å²) in [6.07, 6.45) is 6.40. The Balaban J connectivity index is 1.74. The molecule has 0 aliphatic carbocycles. The summed E-state index contributed by atoms with van der Waals surface area (Å²) in [5.74, 6) is 1.57. The van der Waals surface area contributed by atoms with Crippen LogP contribution in [0.3, 0.4) is 0 Å². The first-order valence-electron chi connectivity index (χ1n) is 8.27. The highest BCUT2D eigenvalue weighted by Gasteiger charge is 2.38. The topological polar surface area (TPSA) is 56.6 Å². The van der Waals surface area contributed by atoms with E-state index in [-0.39, 0.29) is 16.5 Å². The number of aryl methyl sites for hydroxylation is 1. The second-order valence-electron chi connectivity index (χ2n) is 5.93. The molecule has 1 aromatic carbocycles. The van der Waals surface area contributed by atoms with Crippen LogP contribution >= 0.6 is 11.8 Å². The SMILES string of the molecule is COc1ccc([C@@H]2S[C@@H](C)C(=O)N2CCCn2ccnc2)cc1OC. The lowest BCUT2D eigenvalue weighted by Crippen LogP contribution is -2.31. The maximum absolute atomic E-state index is 12.6. The highest BCUT2D eigenvalue weighted by Crippen LogP contribution is 2.44. The molecule has 0 unspecified atom stereocenters. The first-order valence-corrected chi connectivity index (χ1v) is 9.22. The number of imidazole rings is 1. The predicted molar refractivity (Wildman–Crippen MR) is 97.9 cm³/mol. The number of methoxy groups -OCH3 is 2. The van der Waals surface area contributed by atoms with Crippen LogP contribution in [0.4, 0.5) is 0 Å². The molecule has 7 heteroatoms. The number of hydrogen-bond acceptors (Lipinski definition) is 5. The second kappa shape index (κ2) is 7.82. The summed E-state index contributed by atoms with van der Waals surface area (Å²) in [6, 6.07) is 5.86. The Hall–Kier alpha value is -2.15. The monoisotopic (exact) mass is 361 g/mol. The molecule has 3 rings (SSSR count). The molecule has 25 heavy (non-hydrogen) atoms. The van der Waals surface area contributed by atoms with Gasteiger partial charge in [0.2, 0.25) is 5.91 Å². The first-order chi connectivity index (χ1) is 12.1. The Morgan fingerprint density at radius 2 is 2.00 bits per heavy atom. The minimum absolute atomic E-state index is 0.00472. The molecule has 1 aromatic heterocycles. The normalized spacial score (nSPS) is 20.1. The lowest BCUT2D eigenvalue weighted by Gasteiger charge is -2.25. The van der Waals surface area contributed by atoms with Crippen molar-refractivity contribution in [2.45, 2.75) is 30.5 Å². The molecule has 6 nitrogen and oxygen atoms in total. The van der Waals surface area contributed by atoms with Crippen molar-refractivity contribution in [3.63, 3.8) is 0 Å². The number of ether oxygens (including phenoxy) is 2. The molecular weight excluding hydrogens is 338 g/mol. The van der Waals surface area contributed by atoms with Gasteiger partial charge in [0.25, 0.3) is 0 Å². The summed E-state index contributed by atoms with van der Waals surface area (Å²) in [4.78, 5) is 18.6. The smallest absolute Gasteiger partial charge is 0.236 e. The third kappa shape index (κ3) is 3.76. The van der Waals surface area contributed by atoms with E-state index in [9.17, 15) is 4.79 Å². The molecule has 0 saturated carbocycles. The van der Waals surface area contributed by atoms with Crippen LogP contribution in [0.15, 0.2) is 36.9 Å². The summed E-state index contributed by atoms with van der Waals surface area (Å²) in [6.45, 7) is 3.53. The van der Waals surface area contributed by atoms with Gasteiger partial charge in [-0.3, -0.25) is 4.79 Å². The van der Waals surface area contributed by atoms with Crippen molar-refractivity contribution in [1.82, 2.24) is 14.5 Å². The molecule has 0 N–H and O–H groups in total. The fourth-order valence-electron chi connectivity index (χ4n) is 3.01. The number of benzene rings is 1. The second-order valence-corrected chi connectivity index (χ2v) is 7.36. The van der Waals surface area contributed by atoms with Crippen molar-refractivity contribution in [1.29, 1.82) is 0 Å². The van der Waals surface area contributed by atoms with Crippen LogP contribution < -0.4 is 9.47 Å². The standard InChI is InChI=1S/C18H23N3O3S/c1-13-17(22)21(9-4-8-20-10-7-19-12-20)18(25-13)14-5-6-15(23-2)16(11-14)24-3/h5-7,10-13,18H,4,8-9H2,1-3H3/t13-,18-/m0/s1. The van der Waals surface area contributed by atoms with Gasteiger partial charge < -0.3 is 18.9 Å². The van der Waals surface area contributed by atoms with Gasteiger partial charge in [0, 0.05) is 25.5 Å². The number of aromatic nitrogens is 2. The highest BCUT2D eigenvalue weighted by atomic mass is 32.2. The summed E-state index contributed by atoms with van der Waals surface area (Å²) in [7, 11) is 3.25. The fourth-order valence-corrected chi connectivity index (χ4v) is 4.31. The van der Waals surface area contributed by atoms with Crippen molar-refractivity contribution < 1.29 is 14.3 Å². The van der Waals surface area contributed by atoms with Crippen molar-refractivity contribution >= 4 is 17.7 Å². The van der Waals surface area contributed by atoms with Gasteiger partial charge in [-0.25, -0.2) is 4.98 Å². The average molecular weight is 361 g/mol. The molecule has 2 atom stereocenters. The van der Waals surface area contributed by atoms with Gasteiger partial charge in [-0.15, -0.1) is 11.8 Å². The summed E-state index contributed by atoms with van der Waals surface area (Å²) >= 11 is 1.68. The third-order valence-electron chi connectivity index (χ3n) is 4.31. The van der Waals surface area contributed by atoms with Crippen LogP contribution in [0.5, 0.6) is 11.5 Å². The number of nitrogens with zero attached hydrogens (tertiary/aromatic N) is 3. The van der Waals surface area contributed by atoms with Crippen molar-refractivity contribution in [3.8, 4) is 11.5 Å². The zero-order valence-corrected chi connectivity index (χ0v) is 15.5. The Bertz CT molecular complexity index is 720. The van der Waals surface area contributed by atoms with Crippen molar-refractivity contribution in [3.05, 3.63) is 42.5 Å². The Morgan fingerprint density at radius 1 is 1.20 bits per heavy atom. The van der Waals surface area contributed by atoms with E-state index in [1.54, 1.807) is 38.5 Å². The number of carbonyl (C=O) groups excluding carboxylic acids is 1. The minimum atomic E-state index is -0.0358. The summed E-state index contributed by atoms with van der Waals surface area (Å²) in [5, 5.41) is -0.0311. The number of rotatable bonds is 7. The molecule has 2 heterocycles. The van der Waals surface area contributed by atoms with Gasteiger partial charge in [-0.2, -0.15) is 0 Å². The largest absolute Gasteiger partial charge is 0.493 e. The van der Waals surface area contributed by atoms with Crippen LogP contribution in [-0.4, -0.2) is 46.4 Å². The van der Waals surface area contributed by atoms with Crippen LogP contribution in [0.25, 0.3) is 0 Å². The Morgan fingerprint density at radius 3 is 2.68 bits per heavy atom. The zero-order chi connectivity index (χ0) is 17.8. The van der Waals surface area contributed by atoms with Crippen molar-refractivity contribution in [2.24, 2.45) is 0 Å². The lowest BCUT2D eigenvalue weighted by molar-refractivity contribution is -0.129. The summed E-state index contributed by atoms with van der Waals surface area (Å²) < 4.78 is 12.7. The van der Waals surface area contributed by atoms with Gasteiger partial charge in [0.05, 0.1) is 25.8 Å². The fraction of sp³-hybridized carbons (Fsp3) is 0.444. The van der Waals surface area contributed by atoms with Gasteiger partial charge in [0.15, 0.2) is 11.5 Å². The van der Waals surface area contributed by atoms with Gasteiger partial charge in [-0.1, -0.05) is 6.07 Å². The minimum Gasteiger partial charge on any atom is -0.493 e. The van der Waals surface area contributed by atoms with Crippen LogP contribution in [-0.2, 0) is 11.3 Å². The van der Waals surface area contributed by atoms with E-state index in [1.165, 1.54) is 0 Å². The van der Waals surface area contributed by atoms with Gasteiger partial charge >= 0.3 is 0 Å². The van der Waals surface area contributed by atoms with E-state index in [4.69, 9.17) is 9.47 Å². The summed E-state index contributed by atoms with van der Waals surface area (Å²) in [5.41, 5.74) is 1.06.